The Kier molecular flexibility index (Phi) is 2.72. The second-order valence-corrected chi connectivity index (χ2v) is 5.17. The summed E-state index contributed by atoms with van der Waals surface area (Å²) in [5.41, 5.74) is 0.586. The molecular weight excluding hydrogens is 232 g/mol. The highest BCUT2D eigenvalue weighted by atomic mass is 16.5. The molecular formula is C14H18O4. The third kappa shape index (κ3) is 1.76. The first kappa shape index (κ1) is 11.8. The summed E-state index contributed by atoms with van der Waals surface area (Å²) in [6, 6.07) is 5.58. The van der Waals surface area contributed by atoms with Gasteiger partial charge in [0.1, 0.15) is 17.1 Å². The highest BCUT2D eigenvalue weighted by Crippen LogP contribution is 2.50. The Hall–Kier alpha value is -1.26. The van der Waals surface area contributed by atoms with E-state index >= 15 is 0 Å². The van der Waals surface area contributed by atoms with Crippen LogP contribution in [0.25, 0.3) is 0 Å². The molecule has 98 valence electrons. The third-order valence-corrected chi connectivity index (χ3v) is 4.00. The summed E-state index contributed by atoms with van der Waals surface area (Å²) in [4.78, 5) is 0. The molecule has 1 aliphatic heterocycles. The van der Waals surface area contributed by atoms with Gasteiger partial charge in [-0.05, 0) is 18.2 Å². The second kappa shape index (κ2) is 4.14. The number of aliphatic hydroxyl groups excluding tert-OH is 1. The molecule has 1 aromatic carbocycles. The van der Waals surface area contributed by atoms with Gasteiger partial charge in [0, 0.05) is 31.9 Å². The molecule has 4 nitrogen and oxygen atoms in total. The topological polar surface area (TPSA) is 47.9 Å². The van der Waals surface area contributed by atoms with E-state index in [-0.39, 0.29) is 11.7 Å². The average molecular weight is 250 g/mol. The van der Waals surface area contributed by atoms with Crippen LogP contribution in [0.2, 0.25) is 0 Å². The molecule has 0 bridgehead atoms. The van der Waals surface area contributed by atoms with E-state index < -0.39 is 6.10 Å². The summed E-state index contributed by atoms with van der Waals surface area (Å²) in [6.45, 7) is 0. The van der Waals surface area contributed by atoms with Gasteiger partial charge in [0.05, 0.1) is 19.3 Å². The van der Waals surface area contributed by atoms with Gasteiger partial charge >= 0.3 is 0 Å². The fourth-order valence-electron chi connectivity index (χ4n) is 2.93. The molecule has 1 atom stereocenters. The normalized spacial score (nSPS) is 33.5. The zero-order valence-corrected chi connectivity index (χ0v) is 10.7. The van der Waals surface area contributed by atoms with E-state index in [1.807, 2.05) is 18.2 Å². The highest BCUT2D eigenvalue weighted by Gasteiger charge is 2.50. The molecule has 1 aromatic rings. The molecule has 3 rings (SSSR count). The molecule has 1 aliphatic carbocycles. The van der Waals surface area contributed by atoms with E-state index in [2.05, 4.69) is 0 Å². The van der Waals surface area contributed by atoms with Crippen LogP contribution in [0, 0.1) is 0 Å². The first-order valence-corrected chi connectivity index (χ1v) is 6.23. The van der Waals surface area contributed by atoms with E-state index in [1.54, 1.807) is 14.2 Å². The van der Waals surface area contributed by atoms with Crippen molar-refractivity contribution >= 4 is 0 Å². The van der Waals surface area contributed by atoms with Crippen molar-refractivity contribution in [3.8, 4) is 11.5 Å². The van der Waals surface area contributed by atoms with Gasteiger partial charge in [0.25, 0.3) is 0 Å². The zero-order chi connectivity index (χ0) is 12.8. The summed E-state index contributed by atoms with van der Waals surface area (Å²) in [7, 11) is 3.34. The van der Waals surface area contributed by atoms with Gasteiger partial charge in [0.2, 0.25) is 0 Å². The van der Waals surface area contributed by atoms with Crippen LogP contribution in [-0.2, 0) is 4.74 Å². The number of ether oxygens (including phenoxy) is 3. The van der Waals surface area contributed by atoms with Crippen molar-refractivity contribution in [2.75, 3.05) is 14.2 Å². The molecule has 0 amide bonds. The molecule has 1 fully saturated rings. The average Bonchev–Trinajstić information content (AvgIpc) is 2.35. The Morgan fingerprint density at radius 3 is 2.72 bits per heavy atom. The fraction of sp³-hybridized carbons (Fsp3) is 0.571. The van der Waals surface area contributed by atoms with Gasteiger partial charge in [-0.15, -0.1) is 0 Å². The third-order valence-electron chi connectivity index (χ3n) is 4.00. The lowest BCUT2D eigenvalue weighted by Gasteiger charge is -2.50. The lowest BCUT2D eigenvalue weighted by atomic mass is 9.71. The molecule has 1 N–H and O–H groups in total. The summed E-state index contributed by atoms with van der Waals surface area (Å²) < 4.78 is 16.5. The number of rotatable bonds is 2. The van der Waals surface area contributed by atoms with Crippen molar-refractivity contribution in [1.82, 2.24) is 0 Å². The molecule has 2 aliphatic rings. The van der Waals surface area contributed by atoms with E-state index in [9.17, 15) is 5.11 Å². The second-order valence-electron chi connectivity index (χ2n) is 5.17. The minimum absolute atomic E-state index is 0.234. The van der Waals surface area contributed by atoms with Crippen LogP contribution in [0.3, 0.4) is 0 Å². The maximum atomic E-state index is 10.3. The Morgan fingerprint density at radius 2 is 2.06 bits per heavy atom. The molecule has 0 aromatic heterocycles. The van der Waals surface area contributed by atoms with Crippen LogP contribution < -0.4 is 9.47 Å². The predicted molar refractivity (Wildman–Crippen MR) is 66.0 cm³/mol. The Balaban J connectivity index is 1.85. The van der Waals surface area contributed by atoms with Crippen molar-refractivity contribution in [1.29, 1.82) is 0 Å². The minimum Gasteiger partial charge on any atom is -0.497 e. The van der Waals surface area contributed by atoms with Gasteiger partial charge < -0.3 is 19.3 Å². The van der Waals surface area contributed by atoms with E-state index in [4.69, 9.17) is 14.2 Å². The van der Waals surface area contributed by atoms with E-state index in [0.29, 0.717) is 6.42 Å². The largest absolute Gasteiger partial charge is 0.497 e. The van der Waals surface area contributed by atoms with Gasteiger partial charge in [-0.2, -0.15) is 0 Å². The summed E-state index contributed by atoms with van der Waals surface area (Å²) >= 11 is 0. The molecule has 18 heavy (non-hydrogen) atoms. The monoisotopic (exact) mass is 250 g/mol. The van der Waals surface area contributed by atoms with Crippen molar-refractivity contribution in [2.45, 2.75) is 37.1 Å². The van der Waals surface area contributed by atoms with Crippen molar-refractivity contribution in [3.05, 3.63) is 23.8 Å². The van der Waals surface area contributed by atoms with Gasteiger partial charge in [-0.25, -0.2) is 0 Å². The summed E-state index contributed by atoms with van der Waals surface area (Å²) in [5, 5.41) is 10.3. The van der Waals surface area contributed by atoms with E-state index in [1.165, 1.54) is 0 Å². The molecule has 1 spiro atoms. The highest BCUT2D eigenvalue weighted by molar-refractivity contribution is 5.44. The van der Waals surface area contributed by atoms with Crippen LogP contribution in [0.1, 0.15) is 30.9 Å². The predicted octanol–water partition coefficient (Wildman–Crippen LogP) is 2.06. The van der Waals surface area contributed by atoms with Crippen LogP contribution in [0.4, 0.5) is 0 Å². The minimum atomic E-state index is -0.485. The van der Waals surface area contributed by atoms with Crippen molar-refractivity contribution in [2.24, 2.45) is 0 Å². The first-order chi connectivity index (χ1) is 8.65. The van der Waals surface area contributed by atoms with Gasteiger partial charge in [-0.1, -0.05) is 0 Å². The SMILES string of the molecule is COc1ccc2c(c1)[C@@H](O)CC1(CC(OC)C1)O2. The number of benzene rings is 1. The summed E-state index contributed by atoms with van der Waals surface area (Å²) in [5.74, 6) is 1.51. The quantitative estimate of drug-likeness (QED) is 0.872. The van der Waals surface area contributed by atoms with Crippen LogP contribution in [-0.4, -0.2) is 31.0 Å². The van der Waals surface area contributed by atoms with Crippen LogP contribution in [0.15, 0.2) is 18.2 Å². The lowest BCUT2D eigenvalue weighted by molar-refractivity contribution is -0.139. The molecule has 0 saturated heterocycles. The molecule has 4 heteroatoms. The Bertz CT molecular complexity index is 451. The van der Waals surface area contributed by atoms with Gasteiger partial charge in [-0.3, -0.25) is 0 Å². The molecule has 0 radical (unpaired) electrons. The maximum absolute atomic E-state index is 10.3. The molecule has 1 saturated carbocycles. The standard InChI is InChI=1S/C14H18O4/c1-16-9-3-4-13-11(5-9)12(15)8-14(18-13)6-10(7-14)17-2/h3-5,10,12,15H,6-8H2,1-2H3/t10?,12-,14?/m0/s1. The Labute approximate surface area is 106 Å². The maximum Gasteiger partial charge on any atom is 0.126 e. The van der Waals surface area contributed by atoms with Crippen molar-refractivity contribution < 1.29 is 19.3 Å². The van der Waals surface area contributed by atoms with Crippen molar-refractivity contribution in [3.63, 3.8) is 0 Å². The van der Waals surface area contributed by atoms with Crippen LogP contribution in [0.5, 0.6) is 11.5 Å². The van der Waals surface area contributed by atoms with E-state index in [0.717, 1.165) is 29.9 Å². The first-order valence-electron chi connectivity index (χ1n) is 6.23. The molecule has 0 unspecified atom stereocenters. The van der Waals surface area contributed by atoms with Gasteiger partial charge in [0.15, 0.2) is 0 Å². The Morgan fingerprint density at radius 1 is 1.28 bits per heavy atom. The number of aliphatic hydroxyl groups is 1. The van der Waals surface area contributed by atoms with Crippen LogP contribution >= 0.6 is 0 Å². The lowest BCUT2D eigenvalue weighted by Crippen LogP contribution is -2.54. The number of fused-ring (bicyclic) bond motifs is 1. The number of hydrogen-bond acceptors (Lipinski definition) is 4. The number of methoxy groups -OCH3 is 2. The fourth-order valence-corrected chi connectivity index (χ4v) is 2.93. The molecule has 1 heterocycles. The smallest absolute Gasteiger partial charge is 0.126 e. The summed E-state index contributed by atoms with van der Waals surface area (Å²) in [6.07, 6.45) is 2.11. The zero-order valence-electron chi connectivity index (χ0n) is 10.7. The number of hydrogen-bond donors (Lipinski definition) is 1.